The lowest BCUT2D eigenvalue weighted by atomic mass is 10.0. The third-order valence-corrected chi connectivity index (χ3v) is 3.96. The maximum absolute atomic E-state index is 12.2. The first-order valence-electron chi connectivity index (χ1n) is 8.99. The number of methoxy groups -OCH3 is 1. The van der Waals surface area contributed by atoms with Gasteiger partial charge in [-0.2, -0.15) is 10.5 Å². The number of ether oxygens (including phenoxy) is 2. The van der Waals surface area contributed by atoms with Gasteiger partial charge in [-0.3, -0.25) is 14.4 Å². The van der Waals surface area contributed by atoms with E-state index in [1.54, 1.807) is 24.3 Å². The number of benzene rings is 1. The van der Waals surface area contributed by atoms with Crippen LogP contribution >= 0.6 is 0 Å². The molecule has 9 nitrogen and oxygen atoms in total. The SMILES string of the molecule is COc1ccc(C(CC(=O)OCC(=O)N(CCC#N)CCC#N)NC(C)=O)cc1. The highest BCUT2D eigenvalue weighted by molar-refractivity contribution is 5.81. The van der Waals surface area contributed by atoms with Gasteiger partial charge >= 0.3 is 5.97 Å². The van der Waals surface area contributed by atoms with Crippen molar-refractivity contribution in [1.82, 2.24) is 10.2 Å². The molecule has 0 saturated heterocycles. The number of carbonyl (C=O) groups excluding carboxylic acids is 3. The molecule has 0 saturated carbocycles. The second kappa shape index (κ2) is 12.7. The molecule has 0 aliphatic carbocycles. The molecule has 0 aliphatic rings. The summed E-state index contributed by atoms with van der Waals surface area (Å²) in [7, 11) is 1.53. The predicted octanol–water partition coefficient (Wildman–Crippen LogP) is 1.46. The van der Waals surface area contributed by atoms with Crippen LogP contribution in [0.2, 0.25) is 0 Å². The monoisotopic (exact) mass is 400 g/mol. The topological polar surface area (TPSA) is 133 Å². The molecule has 0 fully saturated rings. The zero-order chi connectivity index (χ0) is 21.6. The van der Waals surface area contributed by atoms with E-state index < -0.39 is 24.5 Å². The highest BCUT2D eigenvalue weighted by Gasteiger charge is 2.20. The van der Waals surface area contributed by atoms with Crippen molar-refractivity contribution in [3.05, 3.63) is 29.8 Å². The first-order valence-corrected chi connectivity index (χ1v) is 8.99. The van der Waals surface area contributed by atoms with E-state index in [-0.39, 0.29) is 38.3 Å². The Morgan fingerprint density at radius 3 is 2.17 bits per heavy atom. The molecular weight excluding hydrogens is 376 g/mol. The Bertz CT molecular complexity index is 762. The highest BCUT2D eigenvalue weighted by atomic mass is 16.5. The minimum Gasteiger partial charge on any atom is -0.497 e. The van der Waals surface area contributed by atoms with E-state index in [0.717, 1.165) is 0 Å². The smallest absolute Gasteiger partial charge is 0.308 e. The van der Waals surface area contributed by atoms with Gasteiger partial charge in [-0.25, -0.2) is 0 Å². The third kappa shape index (κ3) is 8.76. The van der Waals surface area contributed by atoms with Gasteiger partial charge in [-0.15, -0.1) is 0 Å². The number of nitrogens with zero attached hydrogens (tertiary/aromatic N) is 3. The molecule has 29 heavy (non-hydrogen) atoms. The van der Waals surface area contributed by atoms with Gasteiger partial charge in [0.1, 0.15) is 5.75 Å². The molecule has 1 unspecified atom stereocenters. The Morgan fingerprint density at radius 1 is 1.10 bits per heavy atom. The standard InChI is InChI=1S/C20H24N4O5/c1-15(25)23-18(16-5-7-17(28-2)8-6-16)13-20(27)29-14-19(26)24(11-3-9-21)12-4-10-22/h5-8,18H,3-4,11-14H2,1-2H3,(H,23,25). The fourth-order valence-electron chi connectivity index (χ4n) is 2.52. The van der Waals surface area contributed by atoms with Crippen LogP contribution in [0.15, 0.2) is 24.3 Å². The lowest BCUT2D eigenvalue weighted by molar-refractivity contribution is -0.152. The van der Waals surface area contributed by atoms with E-state index in [1.807, 2.05) is 12.1 Å². The van der Waals surface area contributed by atoms with Crippen LogP contribution in [0, 0.1) is 22.7 Å². The van der Waals surface area contributed by atoms with Crippen LogP contribution in [0.1, 0.15) is 37.8 Å². The van der Waals surface area contributed by atoms with Gasteiger partial charge in [0.15, 0.2) is 6.61 Å². The summed E-state index contributed by atoms with van der Waals surface area (Å²) < 4.78 is 10.1. The maximum Gasteiger partial charge on any atom is 0.308 e. The normalized spacial score (nSPS) is 10.8. The molecule has 1 rings (SSSR count). The van der Waals surface area contributed by atoms with Gasteiger partial charge in [0.25, 0.3) is 5.91 Å². The number of nitriles is 2. The molecule has 154 valence electrons. The van der Waals surface area contributed by atoms with Crippen LogP contribution in [-0.2, 0) is 19.1 Å². The number of nitrogens with one attached hydrogen (secondary N) is 1. The van der Waals surface area contributed by atoms with Gasteiger partial charge < -0.3 is 19.7 Å². The molecule has 1 atom stereocenters. The average molecular weight is 400 g/mol. The van der Waals surface area contributed by atoms with E-state index in [9.17, 15) is 14.4 Å². The summed E-state index contributed by atoms with van der Waals surface area (Å²) in [6.45, 7) is 1.17. The van der Waals surface area contributed by atoms with Crippen molar-refractivity contribution >= 4 is 17.8 Å². The van der Waals surface area contributed by atoms with Crippen molar-refractivity contribution in [1.29, 1.82) is 10.5 Å². The zero-order valence-electron chi connectivity index (χ0n) is 16.5. The molecule has 9 heteroatoms. The van der Waals surface area contributed by atoms with Crippen molar-refractivity contribution < 1.29 is 23.9 Å². The van der Waals surface area contributed by atoms with E-state index in [0.29, 0.717) is 11.3 Å². The fourth-order valence-corrected chi connectivity index (χ4v) is 2.52. The summed E-state index contributed by atoms with van der Waals surface area (Å²) in [5.41, 5.74) is 0.689. The van der Waals surface area contributed by atoms with Gasteiger partial charge in [-0.1, -0.05) is 12.1 Å². The van der Waals surface area contributed by atoms with Crippen molar-refractivity contribution in [2.24, 2.45) is 0 Å². The molecule has 0 aromatic heterocycles. The third-order valence-electron chi connectivity index (χ3n) is 3.96. The minimum absolute atomic E-state index is 0.118. The average Bonchev–Trinajstić information content (AvgIpc) is 2.71. The number of carbonyl (C=O) groups is 3. The lowest BCUT2D eigenvalue weighted by Gasteiger charge is -2.21. The van der Waals surface area contributed by atoms with Crippen LogP contribution in [0.3, 0.4) is 0 Å². The Labute approximate surface area is 169 Å². The van der Waals surface area contributed by atoms with Gasteiger partial charge in [0, 0.05) is 20.0 Å². The molecule has 0 heterocycles. The fraction of sp³-hybridized carbons (Fsp3) is 0.450. The quantitative estimate of drug-likeness (QED) is 0.556. The first-order chi connectivity index (χ1) is 13.9. The van der Waals surface area contributed by atoms with Gasteiger partial charge in [0.2, 0.25) is 5.91 Å². The van der Waals surface area contributed by atoms with E-state index >= 15 is 0 Å². The summed E-state index contributed by atoms with van der Waals surface area (Å²) in [6, 6.07) is 10.1. The summed E-state index contributed by atoms with van der Waals surface area (Å²) in [5.74, 6) is -0.815. The second-order valence-corrected chi connectivity index (χ2v) is 6.09. The molecular formula is C20H24N4O5. The van der Waals surface area contributed by atoms with Crippen LogP contribution in [0.5, 0.6) is 5.75 Å². The Morgan fingerprint density at radius 2 is 1.69 bits per heavy atom. The Balaban J connectivity index is 2.69. The largest absolute Gasteiger partial charge is 0.497 e. The Kier molecular flexibility index (Phi) is 10.3. The number of rotatable bonds is 11. The van der Waals surface area contributed by atoms with Crippen LogP contribution in [0.25, 0.3) is 0 Å². The van der Waals surface area contributed by atoms with Crippen LogP contribution in [0.4, 0.5) is 0 Å². The molecule has 1 aromatic rings. The number of esters is 1. The van der Waals surface area contributed by atoms with Crippen molar-refractivity contribution in [2.45, 2.75) is 32.2 Å². The number of amides is 2. The Hall–Kier alpha value is -3.59. The molecule has 0 aliphatic heterocycles. The van der Waals surface area contributed by atoms with E-state index in [2.05, 4.69) is 5.32 Å². The summed E-state index contributed by atoms with van der Waals surface area (Å²) in [6.07, 6.45) is 0.0793. The minimum atomic E-state index is -0.659. The van der Waals surface area contributed by atoms with Crippen LogP contribution < -0.4 is 10.1 Å². The second-order valence-electron chi connectivity index (χ2n) is 6.09. The van der Waals surface area contributed by atoms with Crippen molar-refractivity contribution in [3.63, 3.8) is 0 Å². The zero-order valence-corrected chi connectivity index (χ0v) is 16.5. The van der Waals surface area contributed by atoms with Crippen molar-refractivity contribution in [2.75, 3.05) is 26.8 Å². The van der Waals surface area contributed by atoms with Crippen LogP contribution in [-0.4, -0.2) is 49.5 Å². The van der Waals surface area contributed by atoms with E-state index in [1.165, 1.54) is 18.9 Å². The predicted molar refractivity (Wildman–Crippen MR) is 102 cm³/mol. The summed E-state index contributed by atoms with van der Waals surface area (Å²) in [4.78, 5) is 37.2. The van der Waals surface area contributed by atoms with E-state index in [4.69, 9.17) is 20.0 Å². The first kappa shape index (κ1) is 23.4. The molecule has 1 aromatic carbocycles. The van der Waals surface area contributed by atoms with Crippen molar-refractivity contribution in [3.8, 4) is 17.9 Å². The molecule has 2 amide bonds. The molecule has 0 radical (unpaired) electrons. The highest BCUT2D eigenvalue weighted by Crippen LogP contribution is 2.21. The molecule has 0 spiro atoms. The molecule has 1 N–H and O–H groups in total. The van der Waals surface area contributed by atoms with Gasteiger partial charge in [-0.05, 0) is 17.7 Å². The maximum atomic E-state index is 12.2. The number of hydrogen-bond donors (Lipinski definition) is 1. The number of hydrogen-bond acceptors (Lipinski definition) is 7. The summed E-state index contributed by atoms with van der Waals surface area (Å²) in [5, 5.41) is 20.0. The molecule has 0 bridgehead atoms. The summed E-state index contributed by atoms with van der Waals surface area (Å²) >= 11 is 0. The lowest BCUT2D eigenvalue weighted by Crippen LogP contribution is -2.36. The van der Waals surface area contributed by atoms with Gasteiger partial charge in [0.05, 0.1) is 44.6 Å².